The molecule has 202 valence electrons. The summed E-state index contributed by atoms with van der Waals surface area (Å²) in [6.07, 6.45) is 5.40. The van der Waals surface area contributed by atoms with Gasteiger partial charge in [-0.15, -0.1) is 11.3 Å². The lowest BCUT2D eigenvalue weighted by atomic mass is 9.93. The van der Waals surface area contributed by atoms with Crippen molar-refractivity contribution >= 4 is 44.8 Å². The van der Waals surface area contributed by atoms with E-state index in [0.29, 0.717) is 22.0 Å². The van der Waals surface area contributed by atoms with Gasteiger partial charge in [-0.2, -0.15) is 0 Å². The van der Waals surface area contributed by atoms with Gasteiger partial charge in [0.15, 0.2) is 0 Å². The van der Waals surface area contributed by atoms with Crippen molar-refractivity contribution in [3.05, 3.63) is 87.8 Å². The maximum absolute atomic E-state index is 14.1. The van der Waals surface area contributed by atoms with E-state index in [1.807, 2.05) is 65.6 Å². The molecule has 0 unspecified atom stereocenters. The predicted molar refractivity (Wildman–Crippen MR) is 160 cm³/mol. The Labute approximate surface area is 239 Å². The van der Waals surface area contributed by atoms with Gasteiger partial charge >= 0.3 is 0 Å². The first-order chi connectivity index (χ1) is 18.9. The minimum Gasteiger partial charge on any atom is -0.496 e. The number of hydrogen-bond acceptors (Lipinski definition) is 4. The van der Waals surface area contributed by atoms with E-state index < -0.39 is 0 Å². The highest BCUT2D eigenvalue weighted by Gasteiger charge is 2.30. The first-order valence-electron chi connectivity index (χ1n) is 13.3. The lowest BCUT2D eigenvalue weighted by Gasteiger charge is -2.34. The smallest absolute Gasteiger partial charge is 0.266 e. The Hall–Kier alpha value is -3.35. The zero-order chi connectivity index (χ0) is 27.5. The van der Waals surface area contributed by atoms with Crippen LogP contribution in [0.25, 0.3) is 21.2 Å². The fourth-order valence-corrected chi connectivity index (χ4v) is 6.84. The third-order valence-electron chi connectivity index (χ3n) is 7.50. The molecule has 0 spiro atoms. The molecule has 4 aromatic rings. The molecule has 5 rings (SSSR count). The third kappa shape index (κ3) is 5.68. The molecular formula is C32H33ClN2O3S. The number of ether oxygens (including phenoxy) is 1. The van der Waals surface area contributed by atoms with Crippen LogP contribution in [0.5, 0.6) is 5.75 Å². The van der Waals surface area contributed by atoms with Gasteiger partial charge in [0.05, 0.1) is 12.1 Å². The van der Waals surface area contributed by atoms with Gasteiger partial charge < -0.3 is 14.5 Å². The molecule has 1 fully saturated rings. The second kappa shape index (κ2) is 11.8. The summed E-state index contributed by atoms with van der Waals surface area (Å²) in [5.41, 5.74) is 3.59. The summed E-state index contributed by atoms with van der Waals surface area (Å²) in [5, 5.41) is 1.46. The van der Waals surface area contributed by atoms with Crippen LogP contribution in [0.15, 0.2) is 66.7 Å². The lowest BCUT2D eigenvalue weighted by Crippen LogP contribution is -2.40. The molecule has 0 aliphatic heterocycles. The van der Waals surface area contributed by atoms with Crippen molar-refractivity contribution in [1.29, 1.82) is 0 Å². The average Bonchev–Trinajstić information content (AvgIpc) is 3.31. The highest BCUT2D eigenvalue weighted by molar-refractivity contribution is 7.21. The molecule has 0 radical (unpaired) electrons. The van der Waals surface area contributed by atoms with Crippen LogP contribution in [-0.2, 0) is 6.54 Å². The zero-order valence-corrected chi connectivity index (χ0v) is 24.1. The Morgan fingerprint density at radius 2 is 1.62 bits per heavy atom. The Kier molecular flexibility index (Phi) is 8.24. The molecule has 1 aliphatic rings. The number of hydrogen-bond donors (Lipinski definition) is 0. The Morgan fingerprint density at radius 3 is 2.28 bits per heavy atom. The van der Waals surface area contributed by atoms with E-state index in [-0.39, 0.29) is 17.9 Å². The van der Waals surface area contributed by atoms with E-state index in [4.69, 9.17) is 16.3 Å². The number of benzene rings is 3. The van der Waals surface area contributed by atoms with Crippen LogP contribution in [0.3, 0.4) is 0 Å². The van der Waals surface area contributed by atoms with E-state index in [2.05, 4.69) is 6.07 Å². The topological polar surface area (TPSA) is 49.9 Å². The van der Waals surface area contributed by atoms with Crippen molar-refractivity contribution in [3.8, 4) is 16.9 Å². The second-order valence-electron chi connectivity index (χ2n) is 10.3. The highest BCUT2D eigenvalue weighted by atomic mass is 35.5. The SMILES string of the molecule is COc1ccc(-c2ccc(C(=O)N(C)C)cc2)cc1CN(C(=O)c1sc2ccccc2c1Cl)C1CCCCC1. The van der Waals surface area contributed by atoms with Crippen LogP contribution in [0.2, 0.25) is 5.02 Å². The van der Waals surface area contributed by atoms with E-state index >= 15 is 0 Å². The van der Waals surface area contributed by atoms with Crippen molar-refractivity contribution in [3.63, 3.8) is 0 Å². The molecule has 1 aromatic heterocycles. The van der Waals surface area contributed by atoms with Crippen molar-refractivity contribution in [2.45, 2.75) is 44.7 Å². The summed E-state index contributed by atoms with van der Waals surface area (Å²) in [6.45, 7) is 0.433. The molecule has 1 saturated carbocycles. The fourth-order valence-electron chi connectivity index (χ4n) is 5.37. The predicted octanol–water partition coefficient (Wildman–Crippen LogP) is 7.91. The molecule has 7 heteroatoms. The Morgan fingerprint density at radius 1 is 0.923 bits per heavy atom. The van der Waals surface area contributed by atoms with Gasteiger partial charge in [-0.05, 0) is 54.3 Å². The summed E-state index contributed by atoms with van der Waals surface area (Å²) < 4.78 is 6.77. The quantitative estimate of drug-likeness (QED) is 0.231. The lowest BCUT2D eigenvalue weighted by molar-refractivity contribution is 0.0617. The monoisotopic (exact) mass is 560 g/mol. The molecule has 5 nitrogen and oxygen atoms in total. The standard InChI is InChI=1S/C32H33ClN2O3S/c1-34(2)31(36)22-15-13-21(14-16-22)23-17-18-27(38-3)24(19-23)20-35(25-9-5-4-6-10-25)32(37)30-29(33)26-11-7-8-12-28(26)39-30/h7-8,11-19,25H,4-6,9-10,20H2,1-3H3. The number of fused-ring (bicyclic) bond motifs is 1. The van der Waals surface area contributed by atoms with Gasteiger partial charge in [0.25, 0.3) is 11.8 Å². The van der Waals surface area contributed by atoms with Crippen molar-refractivity contribution in [2.75, 3.05) is 21.2 Å². The average molecular weight is 561 g/mol. The largest absolute Gasteiger partial charge is 0.496 e. The maximum Gasteiger partial charge on any atom is 0.266 e. The van der Waals surface area contributed by atoms with E-state index in [1.165, 1.54) is 17.8 Å². The van der Waals surface area contributed by atoms with Crippen LogP contribution < -0.4 is 4.74 Å². The molecule has 1 heterocycles. The molecule has 0 atom stereocenters. The minimum atomic E-state index is -0.0292. The van der Waals surface area contributed by atoms with Gasteiger partial charge in [-0.25, -0.2) is 0 Å². The number of rotatable bonds is 7. The third-order valence-corrected chi connectivity index (χ3v) is 9.16. The van der Waals surface area contributed by atoms with Gasteiger partial charge in [-0.1, -0.05) is 67.3 Å². The summed E-state index contributed by atoms with van der Waals surface area (Å²) in [6, 6.07) is 21.7. The summed E-state index contributed by atoms with van der Waals surface area (Å²) in [4.78, 5) is 30.6. The van der Waals surface area contributed by atoms with Gasteiger partial charge in [-0.3, -0.25) is 9.59 Å². The summed E-state index contributed by atoms with van der Waals surface area (Å²) >= 11 is 8.23. The van der Waals surface area contributed by atoms with E-state index in [0.717, 1.165) is 58.2 Å². The van der Waals surface area contributed by atoms with E-state index in [1.54, 1.807) is 26.1 Å². The summed E-state index contributed by atoms with van der Waals surface area (Å²) in [5.74, 6) is 0.694. The van der Waals surface area contributed by atoms with Crippen molar-refractivity contribution in [1.82, 2.24) is 9.80 Å². The minimum absolute atomic E-state index is 0.0212. The molecule has 39 heavy (non-hydrogen) atoms. The van der Waals surface area contributed by atoms with Crippen LogP contribution in [0.1, 0.15) is 57.7 Å². The molecular weight excluding hydrogens is 528 g/mol. The van der Waals surface area contributed by atoms with Crippen LogP contribution in [-0.4, -0.2) is 48.9 Å². The molecule has 1 aliphatic carbocycles. The van der Waals surface area contributed by atoms with E-state index in [9.17, 15) is 9.59 Å². The van der Waals surface area contributed by atoms with Crippen molar-refractivity contribution < 1.29 is 14.3 Å². The fraction of sp³-hybridized carbons (Fsp3) is 0.312. The number of amides is 2. The first kappa shape index (κ1) is 27.2. The van der Waals surface area contributed by atoms with Crippen LogP contribution in [0.4, 0.5) is 0 Å². The van der Waals surface area contributed by atoms with Crippen LogP contribution >= 0.6 is 22.9 Å². The number of carbonyl (C=O) groups excluding carboxylic acids is 2. The molecule has 0 saturated heterocycles. The van der Waals surface area contributed by atoms with Gasteiger partial charge in [0, 0.05) is 47.9 Å². The van der Waals surface area contributed by atoms with Crippen molar-refractivity contribution in [2.24, 2.45) is 0 Å². The Balaban J connectivity index is 1.50. The molecule has 0 N–H and O–H groups in total. The molecule has 3 aromatic carbocycles. The maximum atomic E-state index is 14.1. The number of methoxy groups -OCH3 is 1. The second-order valence-corrected chi connectivity index (χ2v) is 11.7. The van der Waals surface area contributed by atoms with Crippen LogP contribution in [0, 0.1) is 0 Å². The zero-order valence-electron chi connectivity index (χ0n) is 22.6. The molecule has 0 bridgehead atoms. The highest BCUT2D eigenvalue weighted by Crippen LogP contribution is 2.38. The Bertz CT molecular complexity index is 1490. The number of nitrogens with zero attached hydrogens (tertiary/aromatic N) is 2. The summed E-state index contributed by atoms with van der Waals surface area (Å²) in [7, 11) is 5.16. The first-order valence-corrected chi connectivity index (χ1v) is 14.5. The number of halogens is 1. The number of carbonyl (C=O) groups is 2. The molecule has 2 amide bonds. The van der Waals surface area contributed by atoms with Gasteiger partial charge in [0.1, 0.15) is 10.6 Å². The number of thiophene rings is 1. The normalized spacial score (nSPS) is 13.8. The van der Waals surface area contributed by atoms with Gasteiger partial charge in [0.2, 0.25) is 0 Å².